The van der Waals surface area contributed by atoms with E-state index in [1.165, 1.54) is 26.3 Å². The summed E-state index contributed by atoms with van der Waals surface area (Å²) >= 11 is 0. The Labute approximate surface area is 149 Å². The van der Waals surface area contributed by atoms with Gasteiger partial charge >= 0.3 is 0 Å². The van der Waals surface area contributed by atoms with Gasteiger partial charge in [-0.3, -0.25) is 9.78 Å². The number of aromatic nitrogens is 1. The molecule has 2 N–H and O–H groups in total. The van der Waals surface area contributed by atoms with Gasteiger partial charge in [-0.25, -0.2) is 8.78 Å². The van der Waals surface area contributed by atoms with Gasteiger partial charge in [-0.15, -0.1) is 0 Å². The predicted octanol–water partition coefficient (Wildman–Crippen LogP) is 4.09. The van der Waals surface area contributed by atoms with Crippen LogP contribution in [0.4, 0.5) is 20.2 Å². The number of anilines is 2. The molecule has 1 heterocycles. The van der Waals surface area contributed by atoms with E-state index in [0.29, 0.717) is 29.1 Å². The van der Waals surface area contributed by atoms with E-state index in [2.05, 4.69) is 15.6 Å². The first kappa shape index (κ1) is 17.6. The molecule has 26 heavy (non-hydrogen) atoms. The van der Waals surface area contributed by atoms with Gasteiger partial charge in [0.2, 0.25) is 5.91 Å². The first-order chi connectivity index (χ1) is 12.5. The second-order valence-electron chi connectivity index (χ2n) is 5.71. The number of benzene rings is 2. The van der Waals surface area contributed by atoms with E-state index in [-0.39, 0.29) is 11.4 Å². The van der Waals surface area contributed by atoms with Gasteiger partial charge in [-0.1, -0.05) is 6.07 Å². The summed E-state index contributed by atoms with van der Waals surface area (Å²) in [5.74, 6) is -1.04. The molecule has 3 aromatic rings. The quantitative estimate of drug-likeness (QED) is 0.722. The third kappa shape index (κ3) is 3.72. The first-order valence-corrected chi connectivity index (χ1v) is 7.90. The van der Waals surface area contributed by atoms with Crippen LogP contribution in [0.3, 0.4) is 0 Å². The number of fused-ring (bicyclic) bond motifs is 1. The number of halogens is 2. The molecule has 0 aliphatic rings. The number of nitrogens with one attached hydrogen (secondary N) is 2. The van der Waals surface area contributed by atoms with Crippen LogP contribution >= 0.6 is 0 Å². The number of ether oxygens (including phenoxy) is 1. The molecule has 2 aromatic carbocycles. The maximum atomic E-state index is 13.9. The topological polar surface area (TPSA) is 63.2 Å². The number of amides is 1. The molecule has 134 valence electrons. The lowest BCUT2D eigenvalue weighted by molar-refractivity contribution is -0.114. The third-order valence-electron chi connectivity index (χ3n) is 3.82. The Morgan fingerprint density at radius 1 is 1.15 bits per heavy atom. The number of carbonyl (C=O) groups excluding carboxylic acids is 1. The van der Waals surface area contributed by atoms with Gasteiger partial charge in [0.05, 0.1) is 12.8 Å². The highest BCUT2D eigenvalue weighted by Gasteiger charge is 2.10. The SMILES string of the molecule is COc1ccc(CNc2ccnc3c(F)cc(F)cc23)cc1NC(C)=O. The van der Waals surface area contributed by atoms with Crippen molar-refractivity contribution in [3.63, 3.8) is 0 Å². The van der Waals surface area contributed by atoms with E-state index >= 15 is 0 Å². The van der Waals surface area contributed by atoms with Crippen molar-refractivity contribution in [3.8, 4) is 5.75 Å². The van der Waals surface area contributed by atoms with Crippen molar-refractivity contribution in [2.24, 2.45) is 0 Å². The maximum Gasteiger partial charge on any atom is 0.221 e. The number of hydrogen-bond donors (Lipinski definition) is 2. The van der Waals surface area contributed by atoms with Crippen molar-refractivity contribution >= 4 is 28.2 Å². The van der Waals surface area contributed by atoms with Crippen LogP contribution in [0.5, 0.6) is 5.75 Å². The Morgan fingerprint density at radius 3 is 2.69 bits per heavy atom. The third-order valence-corrected chi connectivity index (χ3v) is 3.82. The van der Waals surface area contributed by atoms with Crippen molar-refractivity contribution < 1.29 is 18.3 Å². The van der Waals surface area contributed by atoms with Gasteiger partial charge in [0.1, 0.15) is 17.1 Å². The summed E-state index contributed by atoms with van der Waals surface area (Å²) < 4.78 is 32.6. The number of nitrogens with zero attached hydrogens (tertiary/aromatic N) is 1. The summed E-state index contributed by atoms with van der Waals surface area (Å²) in [6.07, 6.45) is 1.46. The fraction of sp³-hybridized carbons (Fsp3) is 0.158. The molecule has 0 atom stereocenters. The second-order valence-corrected chi connectivity index (χ2v) is 5.71. The molecule has 0 spiro atoms. The van der Waals surface area contributed by atoms with Gasteiger partial charge in [0.15, 0.2) is 5.82 Å². The standard InChI is InChI=1S/C19H17F2N3O2/c1-11(25)24-17-7-12(3-4-18(17)26-2)10-23-16-5-6-22-19-14(16)8-13(20)9-15(19)21/h3-9H,10H2,1-2H3,(H,22,23)(H,24,25). The van der Waals surface area contributed by atoms with E-state index < -0.39 is 11.6 Å². The molecule has 0 aliphatic carbocycles. The fourth-order valence-corrected chi connectivity index (χ4v) is 2.68. The Balaban J connectivity index is 1.87. The number of pyridine rings is 1. The Morgan fingerprint density at radius 2 is 1.96 bits per heavy atom. The van der Waals surface area contributed by atoms with Crippen molar-refractivity contribution in [1.29, 1.82) is 0 Å². The Kier molecular flexibility index (Phi) is 4.97. The lowest BCUT2D eigenvalue weighted by atomic mass is 10.1. The molecule has 0 saturated carbocycles. The summed E-state index contributed by atoms with van der Waals surface area (Å²) in [6, 6.07) is 9.05. The summed E-state index contributed by atoms with van der Waals surface area (Å²) in [4.78, 5) is 15.3. The summed E-state index contributed by atoms with van der Waals surface area (Å²) in [7, 11) is 1.52. The van der Waals surface area contributed by atoms with Crippen LogP contribution in [0.25, 0.3) is 10.9 Å². The zero-order valence-electron chi connectivity index (χ0n) is 14.3. The van der Waals surface area contributed by atoms with Crippen LogP contribution in [-0.4, -0.2) is 18.0 Å². The van der Waals surface area contributed by atoms with E-state index in [0.717, 1.165) is 11.6 Å². The lowest BCUT2D eigenvalue weighted by Crippen LogP contribution is -2.08. The van der Waals surface area contributed by atoms with Gasteiger partial charge in [0.25, 0.3) is 0 Å². The van der Waals surface area contributed by atoms with Crippen molar-refractivity contribution in [1.82, 2.24) is 4.98 Å². The molecule has 0 fully saturated rings. The summed E-state index contributed by atoms with van der Waals surface area (Å²) in [5, 5.41) is 6.22. The number of methoxy groups -OCH3 is 1. The van der Waals surface area contributed by atoms with Gasteiger partial charge in [-0.2, -0.15) is 0 Å². The zero-order valence-corrected chi connectivity index (χ0v) is 14.3. The van der Waals surface area contributed by atoms with Gasteiger partial charge in [0, 0.05) is 36.8 Å². The highest BCUT2D eigenvalue weighted by atomic mass is 19.1. The first-order valence-electron chi connectivity index (χ1n) is 7.90. The molecule has 1 aromatic heterocycles. The number of carbonyl (C=O) groups is 1. The molecule has 0 unspecified atom stereocenters. The number of hydrogen-bond acceptors (Lipinski definition) is 4. The van der Waals surface area contributed by atoms with Crippen LogP contribution in [0.1, 0.15) is 12.5 Å². The van der Waals surface area contributed by atoms with E-state index in [9.17, 15) is 13.6 Å². The smallest absolute Gasteiger partial charge is 0.221 e. The molecule has 3 rings (SSSR count). The average Bonchev–Trinajstić information content (AvgIpc) is 2.59. The highest BCUT2D eigenvalue weighted by molar-refractivity contribution is 5.92. The minimum Gasteiger partial charge on any atom is -0.495 e. The predicted molar refractivity (Wildman–Crippen MR) is 96.3 cm³/mol. The molecule has 0 saturated heterocycles. The van der Waals surface area contributed by atoms with Crippen molar-refractivity contribution in [2.45, 2.75) is 13.5 Å². The van der Waals surface area contributed by atoms with Crippen LogP contribution in [0.15, 0.2) is 42.6 Å². The second kappa shape index (κ2) is 7.35. The molecule has 0 bridgehead atoms. The largest absolute Gasteiger partial charge is 0.495 e. The fourth-order valence-electron chi connectivity index (χ4n) is 2.68. The van der Waals surface area contributed by atoms with Crippen molar-refractivity contribution in [2.75, 3.05) is 17.7 Å². The van der Waals surface area contributed by atoms with Crippen LogP contribution < -0.4 is 15.4 Å². The molecular weight excluding hydrogens is 340 g/mol. The van der Waals surface area contributed by atoms with Crippen LogP contribution in [0.2, 0.25) is 0 Å². The maximum absolute atomic E-state index is 13.9. The summed E-state index contributed by atoms with van der Waals surface area (Å²) in [6.45, 7) is 1.80. The molecule has 5 nitrogen and oxygen atoms in total. The minimum atomic E-state index is -0.707. The van der Waals surface area contributed by atoms with Gasteiger partial charge in [-0.05, 0) is 29.8 Å². The normalized spacial score (nSPS) is 10.6. The van der Waals surface area contributed by atoms with E-state index in [1.807, 2.05) is 6.07 Å². The van der Waals surface area contributed by atoms with Gasteiger partial charge < -0.3 is 15.4 Å². The highest BCUT2D eigenvalue weighted by Crippen LogP contribution is 2.28. The molecule has 0 aliphatic heterocycles. The molecule has 0 radical (unpaired) electrons. The van der Waals surface area contributed by atoms with Crippen LogP contribution in [0, 0.1) is 11.6 Å². The molecule has 1 amide bonds. The lowest BCUT2D eigenvalue weighted by Gasteiger charge is -2.13. The van der Waals surface area contributed by atoms with E-state index in [1.54, 1.807) is 18.2 Å². The molecule has 7 heteroatoms. The molecular formula is C19H17F2N3O2. The zero-order chi connectivity index (χ0) is 18.7. The Hall–Kier alpha value is -3.22. The van der Waals surface area contributed by atoms with Crippen molar-refractivity contribution in [3.05, 3.63) is 59.8 Å². The monoisotopic (exact) mass is 357 g/mol. The van der Waals surface area contributed by atoms with Crippen LogP contribution in [-0.2, 0) is 11.3 Å². The van der Waals surface area contributed by atoms with E-state index in [4.69, 9.17) is 4.74 Å². The summed E-state index contributed by atoms with van der Waals surface area (Å²) in [5.41, 5.74) is 2.07. The average molecular weight is 357 g/mol. The minimum absolute atomic E-state index is 0.102. The Bertz CT molecular complexity index is 976. The number of rotatable bonds is 5.